The summed E-state index contributed by atoms with van der Waals surface area (Å²) in [7, 11) is 0. The lowest BCUT2D eigenvalue weighted by Crippen LogP contribution is -1.96. The van der Waals surface area contributed by atoms with Gasteiger partial charge in [0.1, 0.15) is 12.4 Å². The number of hydrogen-bond acceptors (Lipinski definition) is 6. The number of nitrogens with one attached hydrogen (secondary N) is 1. The molecule has 9 heteroatoms. The number of aromatic nitrogens is 1. The summed E-state index contributed by atoms with van der Waals surface area (Å²) >= 11 is 13.5. The van der Waals surface area contributed by atoms with E-state index in [-0.39, 0.29) is 5.69 Å². The van der Waals surface area contributed by atoms with Gasteiger partial charge in [-0.15, -0.1) is 11.3 Å². The number of nitro groups is 1. The molecule has 0 bridgehead atoms. The zero-order valence-corrected chi connectivity index (χ0v) is 18.2. The highest BCUT2D eigenvalue weighted by Gasteiger charge is 2.08. The summed E-state index contributed by atoms with van der Waals surface area (Å²) < 4.78 is 5.77. The van der Waals surface area contributed by atoms with E-state index in [0.29, 0.717) is 22.4 Å². The molecule has 6 nitrogen and oxygen atoms in total. The zero-order valence-electron chi connectivity index (χ0n) is 15.9. The topological polar surface area (TPSA) is 77.3 Å². The number of thiazole rings is 1. The largest absolute Gasteiger partial charge is 0.489 e. The number of non-ortho nitro benzene ring substituents is 1. The second-order valence-electron chi connectivity index (χ2n) is 6.53. The number of anilines is 2. The molecule has 1 heterocycles. The van der Waals surface area contributed by atoms with Crippen LogP contribution < -0.4 is 10.1 Å². The second kappa shape index (κ2) is 9.34. The molecule has 0 atom stereocenters. The van der Waals surface area contributed by atoms with Crippen LogP contribution >= 0.6 is 34.5 Å². The van der Waals surface area contributed by atoms with Crippen molar-refractivity contribution in [3.05, 3.63) is 97.8 Å². The standard InChI is InChI=1S/C22H15Cl2N3O3S/c23-19-10-5-16(11-20(19)24)25-22-26-21(13-31-22)15-3-8-18(9-4-15)30-12-14-1-6-17(7-2-14)27(28)29/h1-11,13H,12H2,(H,25,26). The minimum Gasteiger partial charge on any atom is -0.489 e. The first-order valence-electron chi connectivity index (χ1n) is 9.12. The summed E-state index contributed by atoms with van der Waals surface area (Å²) in [5, 5.41) is 17.6. The van der Waals surface area contributed by atoms with E-state index in [1.54, 1.807) is 24.3 Å². The van der Waals surface area contributed by atoms with Gasteiger partial charge in [-0.1, -0.05) is 23.2 Å². The van der Waals surface area contributed by atoms with Crippen molar-refractivity contribution in [2.75, 3.05) is 5.32 Å². The van der Waals surface area contributed by atoms with E-state index in [9.17, 15) is 10.1 Å². The molecule has 0 radical (unpaired) electrons. The molecular formula is C22H15Cl2N3O3S. The second-order valence-corrected chi connectivity index (χ2v) is 8.20. The number of halogens is 2. The average molecular weight is 472 g/mol. The number of benzene rings is 3. The van der Waals surface area contributed by atoms with E-state index in [1.807, 2.05) is 35.7 Å². The molecule has 0 amide bonds. The van der Waals surface area contributed by atoms with Crippen LogP contribution in [0, 0.1) is 10.1 Å². The molecule has 156 valence electrons. The summed E-state index contributed by atoms with van der Waals surface area (Å²) in [6.07, 6.45) is 0. The third-order valence-corrected chi connectivity index (χ3v) is 5.87. The third-order valence-electron chi connectivity index (χ3n) is 4.38. The smallest absolute Gasteiger partial charge is 0.269 e. The summed E-state index contributed by atoms with van der Waals surface area (Å²) in [5.41, 5.74) is 3.53. The van der Waals surface area contributed by atoms with Crippen molar-refractivity contribution in [2.24, 2.45) is 0 Å². The van der Waals surface area contributed by atoms with Gasteiger partial charge in [0.25, 0.3) is 5.69 Å². The van der Waals surface area contributed by atoms with Gasteiger partial charge in [-0.05, 0) is 60.2 Å². The summed E-state index contributed by atoms with van der Waals surface area (Å²) in [6.45, 7) is 0.325. The summed E-state index contributed by atoms with van der Waals surface area (Å²) in [4.78, 5) is 14.9. The van der Waals surface area contributed by atoms with E-state index < -0.39 is 4.92 Å². The average Bonchev–Trinajstić information content (AvgIpc) is 3.24. The molecule has 4 aromatic rings. The Morgan fingerprint density at radius 2 is 1.74 bits per heavy atom. The third kappa shape index (κ3) is 5.32. The maximum atomic E-state index is 10.7. The molecule has 0 aliphatic heterocycles. The molecule has 0 fully saturated rings. The van der Waals surface area contributed by atoms with Gasteiger partial charge in [0.2, 0.25) is 0 Å². The molecule has 0 saturated heterocycles. The van der Waals surface area contributed by atoms with E-state index in [2.05, 4.69) is 10.3 Å². The van der Waals surface area contributed by atoms with Gasteiger partial charge in [-0.2, -0.15) is 0 Å². The SMILES string of the molecule is O=[N+]([O-])c1ccc(COc2ccc(-c3csc(Nc4ccc(Cl)c(Cl)c4)n3)cc2)cc1. The predicted octanol–water partition coefficient (Wildman–Crippen LogP) is 7.35. The number of nitrogens with zero attached hydrogens (tertiary/aromatic N) is 2. The van der Waals surface area contributed by atoms with Crippen molar-refractivity contribution < 1.29 is 9.66 Å². The Morgan fingerprint density at radius 1 is 1.00 bits per heavy atom. The first-order valence-corrected chi connectivity index (χ1v) is 10.8. The first-order chi connectivity index (χ1) is 15.0. The fourth-order valence-electron chi connectivity index (χ4n) is 2.76. The minimum absolute atomic E-state index is 0.0596. The van der Waals surface area contributed by atoms with Crippen molar-refractivity contribution in [1.82, 2.24) is 4.98 Å². The highest BCUT2D eigenvalue weighted by Crippen LogP contribution is 2.31. The molecule has 0 spiro atoms. The van der Waals surface area contributed by atoms with Gasteiger partial charge < -0.3 is 10.1 Å². The van der Waals surface area contributed by atoms with E-state index in [0.717, 1.165) is 27.6 Å². The molecule has 1 aromatic heterocycles. The van der Waals surface area contributed by atoms with E-state index >= 15 is 0 Å². The maximum absolute atomic E-state index is 10.7. The van der Waals surface area contributed by atoms with Gasteiger partial charge in [0, 0.05) is 28.8 Å². The van der Waals surface area contributed by atoms with Crippen LogP contribution in [0.4, 0.5) is 16.5 Å². The first kappa shape index (κ1) is 21.1. The monoisotopic (exact) mass is 471 g/mol. The van der Waals surface area contributed by atoms with Gasteiger partial charge in [-0.25, -0.2) is 4.98 Å². The lowest BCUT2D eigenvalue weighted by atomic mass is 10.2. The van der Waals surface area contributed by atoms with Crippen LogP contribution in [-0.4, -0.2) is 9.91 Å². The molecular weight excluding hydrogens is 457 g/mol. The zero-order chi connectivity index (χ0) is 21.8. The van der Waals surface area contributed by atoms with Crippen molar-refractivity contribution in [3.8, 4) is 17.0 Å². The Bertz CT molecular complexity index is 1210. The van der Waals surface area contributed by atoms with Crippen LogP contribution in [0.25, 0.3) is 11.3 Å². The highest BCUT2D eigenvalue weighted by atomic mass is 35.5. The fraction of sp³-hybridized carbons (Fsp3) is 0.0455. The Hall–Kier alpha value is -3.13. The number of ether oxygens (including phenoxy) is 1. The molecule has 3 aromatic carbocycles. The maximum Gasteiger partial charge on any atom is 0.269 e. The Balaban J connectivity index is 1.37. The summed E-state index contributed by atoms with van der Waals surface area (Å²) in [6, 6.07) is 19.2. The number of rotatable bonds is 7. The summed E-state index contributed by atoms with van der Waals surface area (Å²) in [5.74, 6) is 0.700. The Labute approximate surface area is 192 Å². The van der Waals surface area contributed by atoms with Crippen LogP contribution in [0.15, 0.2) is 72.1 Å². The molecule has 0 aliphatic rings. The van der Waals surface area contributed by atoms with Crippen molar-refractivity contribution in [3.63, 3.8) is 0 Å². The van der Waals surface area contributed by atoms with Gasteiger partial charge >= 0.3 is 0 Å². The quantitative estimate of drug-likeness (QED) is 0.225. The lowest BCUT2D eigenvalue weighted by molar-refractivity contribution is -0.384. The van der Waals surface area contributed by atoms with Gasteiger partial charge in [0.15, 0.2) is 5.13 Å². The van der Waals surface area contributed by atoms with Crippen LogP contribution in [-0.2, 0) is 6.61 Å². The molecule has 0 aliphatic carbocycles. The highest BCUT2D eigenvalue weighted by molar-refractivity contribution is 7.14. The molecule has 4 rings (SSSR count). The van der Waals surface area contributed by atoms with Crippen LogP contribution in [0.5, 0.6) is 5.75 Å². The Kier molecular flexibility index (Phi) is 6.36. The van der Waals surface area contributed by atoms with Gasteiger partial charge in [0.05, 0.1) is 20.7 Å². The Morgan fingerprint density at radius 3 is 2.42 bits per heavy atom. The molecule has 0 saturated carbocycles. The number of hydrogen-bond donors (Lipinski definition) is 1. The van der Waals surface area contributed by atoms with Gasteiger partial charge in [-0.3, -0.25) is 10.1 Å². The molecule has 1 N–H and O–H groups in total. The minimum atomic E-state index is -0.423. The lowest BCUT2D eigenvalue weighted by Gasteiger charge is -2.07. The van der Waals surface area contributed by atoms with Crippen LogP contribution in [0.3, 0.4) is 0 Å². The fourth-order valence-corrected chi connectivity index (χ4v) is 3.80. The van der Waals surface area contributed by atoms with Crippen molar-refractivity contribution >= 4 is 51.0 Å². The number of nitro benzene ring substituents is 1. The van der Waals surface area contributed by atoms with E-state index in [1.165, 1.54) is 23.5 Å². The normalized spacial score (nSPS) is 10.6. The van der Waals surface area contributed by atoms with Crippen LogP contribution in [0.2, 0.25) is 10.0 Å². The molecule has 0 unspecified atom stereocenters. The van der Waals surface area contributed by atoms with Crippen LogP contribution in [0.1, 0.15) is 5.56 Å². The van der Waals surface area contributed by atoms with Crippen molar-refractivity contribution in [1.29, 1.82) is 0 Å². The van der Waals surface area contributed by atoms with Crippen molar-refractivity contribution in [2.45, 2.75) is 6.61 Å². The predicted molar refractivity (Wildman–Crippen MR) is 125 cm³/mol. The molecule has 31 heavy (non-hydrogen) atoms. The van der Waals surface area contributed by atoms with E-state index in [4.69, 9.17) is 27.9 Å².